The Bertz CT molecular complexity index is 1560. The first kappa shape index (κ1) is 32.5. The Labute approximate surface area is 272 Å². The highest BCUT2D eigenvalue weighted by Gasteiger charge is 2.40. The highest BCUT2D eigenvalue weighted by molar-refractivity contribution is 6.15. The fourth-order valence-corrected chi connectivity index (χ4v) is 7.43. The van der Waals surface area contributed by atoms with Gasteiger partial charge in [0.25, 0.3) is 0 Å². The molecule has 46 heavy (non-hydrogen) atoms. The first-order chi connectivity index (χ1) is 22.0. The van der Waals surface area contributed by atoms with E-state index in [4.69, 9.17) is 17.6 Å². The molecule has 2 aromatic carbocycles. The zero-order chi connectivity index (χ0) is 32.5. The van der Waals surface area contributed by atoms with Gasteiger partial charge in [-0.25, -0.2) is 8.78 Å². The van der Waals surface area contributed by atoms with Gasteiger partial charge in [-0.2, -0.15) is 0 Å². The Hall–Kier alpha value is -3.46. The molecule has 242 valence electrons. The molecule has 1 spiro atoms. The first-order valence-corrected chi connectivity index (χ1v) is 16.7. The summed E-state index contributed by atoms with van der Waals surface area (Å²) in [4.78, 5) is 21.9. The summed E-state index contributed by atoms with van der Waals surface area (Å²) >= 11 is 0. The van der Waals surface area contributed by atoms with Crippen LogP contribution < -0.4 is 9.64 Å². The van der Waals surface area contributed by atoms with Gasteiger partial charge in [0.1, 0.15) is 5.82 Å². The standard InChI is InChI=1S/C37H44BF2N3O3/c1-25-29(23-33(44)45)35(43-19-13-36(2,38)14-20-43)34(31(41-25)24-42-17-15-37(16-18-42)11-3-12-37)27-6-9-32(30(40)22-27)46-21-10-26-4-7-28(39)8-5-26/h4-9,22H,3,10-21,23-24H2,1-2H3,(H,44,45). The number of aliphatic carboxylic acids is 1. The Morgan fingerprint density at radius 3 is 2.30 bits per heavy atom. The van der Waals surface area contributed by atoms with Crippen molar-refractivity contribution < 1.29 is 23.4 Å². The van der Waals surface area contributed by atoms with Gasteiger partial charge in [-0.05, 0) is 99.3 Å². The molecule has 6 nitrogen and oxygen atoms in total. The van der Waals surface area contributed by atoms with Crippen molar-refractivity contribution in [2.45, 2.75) is 83.5 Å². The van der Waals surface area contributed by atoms with E-state index in [1.807, 2.05) is 13.0 Å². The minimum absolute atomic E-state index is 0.137. The Balaban J connectivity index is 1.35. The van der Waals surface area contributed by atoms with Crippen LogP contribution in [0.15, 0.2) is 42.5 Å². The molecule has 0 bridgehead atoms. The Morgan fingerprint density at radius 1 is 1.00 bits per heavy atom. The summed E-state index contributed by atoms with van der Waals surface area (Å²) in [7, 11) is 6.51. The lowest BCUT2D eigenvalue weighted by atomic mass is 9.63. The van der Waals surface area contributed by atoms with Crippen LogP contribution in [0.4, 0.5) is 14.5 Å². The summed E-state index contributed by atoms with van der Waals surface area (Å²) in [6.07, 6.45) is 8.22. The van der Waals surface area contributed by atoms with Gasteiger partial charge in [-0.1, -0.05) is 36.9 Å². The number of rotatable bonds is 10. The molecule has 2 radical (unpaired) electrons. The minimum atomic E-state index is -0.927. The number of hydrogen-bond donors (Lipinski definition) is 1. The fraction of sp³-hybridized carbons (Fsp3) is 0.514. The van der Waals surface area contributed by atoms with E-state index >= 15 is 4.39 Å². The molecule has 2 saturated heterocycles. The molecule has 0 amide bonds. The van der Waals surface area contributed by atoms with Crippen molar-refractivity contribution in [2.24, 2.45) is 5.41 Å². The number of likely N-dealkylation sites (tertiary alicyclic amines) is 1. The number of ether oxygens (including phenoxy) is 1. The largest absolute Gasteiger partial charge is 0.490 e. The lowest BCUT2D eigenvalue weighted by Gasteiger charge is -2.48. The SMILES string of the molecule is [B]C1(C)CCN(c2c(CC(=O)O)c(C)nc(CN3CCC4(CCC4)CC3)c2-c2ccc(OCCc3ccc(F)cc3)c(F)c2)CC1. The number of halogens is 2. The van der Waals surface area contributed by atoms with E-state index in [9.17, 15) is 14.3 Å². The van der Waals surface area contributed by atoms with Crippen molar-refractivity contribution in [2.75, 3.05) is 37.7 Å². The van der Waals surface area contributed by atoms with Gasteiger partial charge < -0.3 is 14.7 Å². The predicted molar refractivity (Wildman–Crippen MR) is 178 cm³/mol. The van der Waals surface area contributed by atoms with E-state index < -0.39 is 11.8 Å². The quantitative estimate of drug-likeness (QED) is 0.238. The number of nitrogens with zero attached hydrogens (tertiary/aromatic N) is 3. The fourth-order valence-electron chi connectivity index (χ4n) is 7.43. The highest BCUT2D eigenvalue weighted by atomic mass is 19.1. The second-order valence-electron chi connectivity index (χ2n) is 14.1. The number of benzene rings is 2. The number of carboxylic acids is 1. The lowest BCUT2D eigenvalue weighted by molar-refractivity contribution is -0.136. The molecule has 1 saturated carbocycles. The van der Waals surface area contributed by atoms with E-state index in [2.05, 4.69) is 16.7 Å². The third kappa shape index (κ3) is 7.25. The third-order valence-electron chi connectivity index (χ3n) is 10.6. The van der Waals surface area contributed by atoms with Crippen LogP contribution in [0.3, 0.4) is 0 Å². The summed E-state index contributed by atoms with van der Waals surface area (Å²) in [5.74, 6) is -1.58. The van der Waals surface area contributed by atoms with E-state index in [1.165, 1.54) is 50.3 Å². The van der Waals surface area contributed by atoms with Crippen LogP contribution in [0.5, 0.6) is 5.75 Å². The third-order valence-corrected chi connectivity index (χ3v) is 10.6. The molecule has 1 N–H and O–H groups in total. The topological polar surface area (TPSA) is 65.9 Å². The minimum Gasteiger partial charge on any atom is -0.490 e. The van der Waals surface area contributed by atoms with Gasteiger partial charge in [0.05, 0.1) is 32.3 Å². The van der Waals surface area contributed by atoms with Crippen molar-refractivity contribution in [3.8, 4) is 16.9 Å². The van der Waals surface area contributed by atoms with Gasteiger partial charge in [-0.3, -0.25) is 14.7 Å². The zero-order valence-corrected chi connectivity index (χ0v) is 27.1. The molecule has 3 fully saturated rings. The zero-order valence-electron chi connectivity index (χ0n) is 27.1. The van der Waals surface area contributed by atoms with E-state index in [-0.39, 0.29) is 29.9 Å². The molecule has 3 heterocycles. The number of carboxylic acid groups (broad SMARTS) is 1. The molecule has 9 heteroatoms. The van der Waals surface area contributed by atoms with Crippen molar-refractivity contribution in [1.29, 1.82) is 0 Å². The van der Waals surface area contributed by atoms with Crippen LogP contribution in [0.1, 0.15) is 74.4 Å². The summed E-state index contributed by atoms with van der Waals surface area (Å²) in [6.45, 7) is 8.16. The van der Waals surface area contributed by atoms with Crippen molar-refractivity contribution in [1.82, 2.24) is 9.88 Å². The smallest absolute Gasteiger partial charge is 0.307 e. The van der Waals surface area contributed by atoms with E-state index in [1.54, 1.807) is 18.2 Å². The van der Waals surface area contributed by atoms with Gasteiger partial charge in [0, 0.05) is 42.9 Å². The molecular weight excluding hydrogens is 583 g/mol. The Kier molecular flexibility index (Phi) is 9.42. The molecule has 0 unspecified atom stereocenters. The normalized spacial score (nSPS) is 19.2. The average molecular weight is 628 g/mol. The molecule has 0 atom stereocenters. The summed E-state index contributed by atoms with van der Waals surface area (Å²) in [5.41, 5.74) is 5.90. The average Bonchev–Trinajstić information content (AvgIpc) is 3.00. The van der Waals surface area contributed by atoms with Gasteiger partial charge in [-0.15, -0.1) is 0 Å². The second kappa shape index (κ2) is 13.3. The van der Waals surface area contributed by atoms with Crippen molar-refractivity contribution >= 4 is 19.5 Å². The number of piperidine rings is 2. The van der Waals surface area contributed by atoms with Crippen LogP contribution in [0, 0.1) is 24.0 Å². The first-order valence-electron chi connectivity index (χ1n) is 16.7. The maximum atomic E-state index is 15.8. The second-order valence-corrected chi connectivity index (χ2v) is 14.1. The molecule has 1 aliphatic carbocycles. The molecule has 2 aliphatic heterocycles. The summed E-state index contributed by atoms with van der Waals surface area (Å²) in [6, 6.07) is 11.2. The van der Waals surface area contributed by atoms with Crippen LogP contribution in [0.2, 0.25) is 5.31 Å². The maximum Gasteiger partial charge on any atom is 0.307 e. The molecule has 3 aliphatic rings. The van der Waals surface area contributed by atoms with E-state index in [0.717, 1.165) is 48.4 Å². The van der Waals surface area contributed by atoms with Crippen molar-refractivity contribution in [3.05, 3.63) is 76.6 Å². The van der Waals surface area contributed by atoms with Crippen LogP contribution in [0.25, 0.3) is 11.1 Å². The number of carbonyl (C=O) groups is 1. The van der Waals surface area contributed by atoms with E-state index in [0.29, 0.717) is 48.3 Å². The maximum absolute atomic E-state index is 15.8. The number of pyridine rings is 1. The van der Waals surface area contributed by atoms with Crippen LogP contribution >= 0.6 is 0 Å². The monoisotopic (exact) mass is 627 g/mol. The molecule has 1 aromatic heterocycles. The molecule has 3 aromatic rings. The lowest BCUT2D eigenvalue weighted by Crippen LogP contribution is -2.43. The van der Waals surface area contributed by atoms with Crippen molar-refractivity contribution in [3.63, 3.8) is 0 Å². The van der Waals surface area contributed by atoms with Gasteiger partial charge >= 0.3 is 5.97 Å². The number of anilines is 1. The number of aryl methyl sites for hydroxylation is 1. The van der Waals surface area contributed by atoms with Gasteiger partial charge in [0.2, 0.25) is 0 Å². The summed E-state index contributed by atoms with van der Waals surface area (Å²) in [5, 5.41) is 9.66. The molecule has 6 rings (SSSR count). The molecular formula is C37H44BF2N3O3. The van der Waals surface area contributed by atoms with Gasteiger partial charge in [0.15, 0.2) is 11.6 Å². The number of hydrogen-bond acceptors (Lipinski definition) is 5. The van der Waals surface area contributed by atoms with Crippen LogP contribution in [-0.4, -0.2) is 61.6 Å². The summed E-state index contributed by atoms with van der Waals surface area (Å²) < 4.78 is 34.9. The van der Waals surface area contributed by atoms with Crippen LogP contribution in [-0.2, 0) is 24.2 Å². The Morgan fingerprint density at radius 2 is 1.70 bits per heavy atom. The number of aromatic nitrogens is 1. The highest BCUT2D eigenvalue weighted by Crippen LogP contribution is 2.49. The predicted octanol–water partition coefficient (Wildman–Crippen LogP) is 7.30.